The van der Waals surface area contributed by atoms with Crippen molar-refractivity contribution in [3.8, 4) is 0 Å². The molecule has 2 heterocycles. The van der Waals surface area contributed by atoms with Crippen molar-refractivity contribution in [2.75, 3.05) is 26.2 Å². The maximum absolute atomic E-state index is 13.1. The molecule has 0 aliphatic carbocycles. The van der Waals surface area contributed by atoms with Crippen LogP contribution in [0.3, 0.4) is 0 Å². The summed E-state index contributed by atoms with van der Waals surface area (Å²) < 4.78 is 0. The van der Waals surface area contributed by atoms with E-state index in [9.17, 15) is 14.7 Å². The Balaban J connectivity index is 2.09. The van der Waals surface area contributed by atoms with Crippen LogP contribution in [0.5, 0.6) is 0 Å². The number of ketones is 1. The Morgan fingerprint density at radius 2 is 1.62 bits per heavy atom. The quantitative estimate of drug-likeness (QED) is 0.402. The molecule has 1 unspecified atom stereocenters. The predicted octanol–water partition coefficient (Wildman–Crippen LogP) is 4.14. The molecule has 0 radical (unpaired) electrons. The van der Waals surface area contributed by atoms with Gasteiger partial charge in [-0.3, -0.25) is 14.6 Å². The first kappa shape index (κ1) is 23.7. The number of rotatable bonds is 7. The number of aliphatic hydroxyl groups excluding tert-OH is 1. The van der Waals surface area contributed by atoms with E-state index in [4.69, 9.17) is 0 Å². The first-order valence-corrected chi connectivity index (χ1v) is 11.2. The Bertz CT molecular complexity index is 987. The number of pyridine rings is 1. The van der Waals surface area contributed by atoms with Crippen molar-refractivity contribution in [1.82, 2.24) is 14.8 Å². The van der Waals surface area contributed by atoms with Crippen molar-refractivity contribution >= 4 is 17.4 Å². The average molecular weight is 436 g/mol. The fourth-order valence-corrected chi connectivity index (χ4v) is 4.08. The average Bonchev–Trinajstić information content (AvgIpc) is 3.04. The molecular weight excluding hydrogens is 402 g/mol. The van der Waals surface area contributed by atoms with Gasteiger partial charge in [-0.25, -0.2) is 0 Å². The predicted molar refractivity (Wildman–Crippen MR) is 126 cm³/mol. The second kappa shape index (κ2) is 9.65. The number of nitrogens with zero attached hydrogens (tertiary/aromatic N) is 3. The molecule has 1 aromatic heterocycles. The van der Waals surface area contributed by atoms with Crippen molar-refractivity contribution in [2.24, 2.45) is 0 Å². The zero-order valence-corrected chi connectivity index (χ0v) is 19.6. The summed E-state index contributed by atoms with van der Waals surface area (Å²) in [4.78, 5) is 33.9. The third-order valence-corrected chi connectivity index (χ3v) is 6.14. The second-order valence-corrected chi connectivity index (χ2v) is 9.13. The minimum atomic E-state index is -0.649. The number of hydrogen-bond acceptors (Lipinski definition) is 5. The molecule has 2 aromatic rings. The first-order chi connectivity index (χ1) is 15.2. The van der Waals surface area contributed by atoms with E-state index in [1.54, 1.807) is 29.4 Å². The van der Waals surface area contributed by atoms with Gasteiger partial charge in [0.1, 0.15) is 5.76 Å². The summed E-state index contributed by atoms with van der Waals surface area (Å²) in [5.41, 5.74) is 2.56. The van der Waals surface area contributed by atoms with Gasteiger partial charge >= 0.3 is 0 Å². The summed E-state index contributed by atoms with van der Waals surface area (Å²) in [5, 5.41) is 11.1. The summed E-state index contributed by atoms with van der Waals surface area (Å²) in [7, 11) is 0. The lowest BCUT2D eigenvalue weighted by Crippen LogP contribution is -2.38. The molecular formula is C26H33N3O3. The molecule has 3 rings (SSSR count). The summed E-state index contributed by atoms with van der Waals surface area (Å²) in [6, 6.07) is 10.6. The van der Waals surface area contributed by atoms with Crippen LogP contribution in [0, 0.1) is 0 Å². The number of likely N-dealkylation sites (tertiary alicyclic amines) is 1. The highest BCUT2D eigenvalue weighted by molar-refractivity contribution is 6.46. The van der Waals surface area contributed by atoms with Crippen molar-refractivity contribution in [3.63, 3.8) is 0 Å². The van der Waals surface area contributed by atoms with Crippen molar-refractivity contribution < 1.29 is 14.7 Å². The molecule has 1 fully saturated rings. The lowest BCUT2D eigenvalue weighted by atomic mass is 9.85. The maximum atomic E-state index is 13.1. The molecule has 6 heteroatoms. The number of benzene rings is 1. The van der Waals surface area contributed by atoms with E-state index < -0.39 is 17.7 Å². The van der Waals surface area contributed by atoms with Crippen LogP contribution < -0.4 is 0 Å². The smallest absolute Gasteiger partial charge is 0.295 e. The van der Waals surface area contributed by atoms with Crippen LogP contribution in [0.1, 0.15) is 57.4 Å². The minimum absolute atomic E-state index is 0.0138. The molecule has 1 aromatic carbocycles. The summed E-state index contributed by atoms with van der Waals surface area (Å²) in [5.74, 6) is -1.39. The molecule has 0 bridgehead atoms. The Kier molecular flexibility index (Phi) is 7.14. The number of amides is 1. The van der Waals surface area contributed by atoms with E-state index in [0.29, 0.717) is 18.7 Å². The number of carbonyl (C=O) groups is 2. The molecule has 6 nitrogen and oxygen atoms in total. The van der Waals surface area contributed by atoms with E-state index in [0.717, 1.165) is 24.2 Å². The highest BCUT2D eigenvalue weighted by Crippen LogP contribution is 2.39. The zero-order chi connectivity index (χ0) is 23.5. The molecule has 1 saturated heterocycles. The molecule has 1 amide bonds. The lowest BCUT2D eigenvalue weighted by Gasteiger charge is -2.28. The fourth-order valence-electron chi connectivity index (χ4n) is 4.08. The fraction of sp³-hybridized carbons (Fsp3) is 0.423. The first-order valence-electron chi connectivity index (χ1n) is 11.2. The molecule has 1 aliphatic heterocycles. The molecule has 32 heavy (non-hydrogen) atoms. The summed E-state index contributed by atoms with van der Waals surface area (Å²) in [6.45, 7) is 13.4. The van der Waals surface area contributed by atoms with Crippen LogP contribution in [-0.2, 0) is 15.0 Å². The van der Waals surface area contributed by atoms with E-state index in [2.05, 4.69) is 44.5 Å². The number of carbonyl (C=O) groups excluding carboxylic acids is 2. The second-order valence-electron chi connectivity index (χ2n) is 9.13. The number of likely N-dealkylation sites (N-methyl/N-ethyl adjacent to an activating group) is 1. The van der Waals surface area contributed by atoms with Crippen LogP contribution in [0.25, 0.3) is 5.76 Å². The Morgan fingerprint density at radius 1 is 1.03 bits per heavy atom. The van der Waals surface area contributed by atoms with Crippen LogP contribution in [0.4, 0.5) is 0 Å². The molecule has 0 saturated carbocycles. The molecule has 0 spiro atoms. The molecule has 1 aliphatic rings. The van der Waals surface area contributed by atoms with Crippen LogP contribution >= 0.6 is 0 Å². The standard InChI is InChI=1S/C26H33N3O3/c1-6-28(7-2)16-17-29-22(18-8-10-20(11-9-18)26(3,4)5)21(24(31)25(29)32)23(30)19-12-14-27-15-13-19/h8-15,22,30H,6-7,16-17H2,1-5H3/b23-21-. The van der Waals surface area contributed by atoms with Crippen molar-refractivity contribution in [2.45, 2.75) is 46.1 Å². The Morgan fingerprint density at radius 3 is 2.16 bits per heavy atom. The van der Waals surface area contributed by atoms with Gasteiger partial charge in [-0.15, -0.1) is 0 Å². The molecule has 1 N–H and O–H groups in total. The topological polar surface area (TPSA) is 73.7 Å². The van der Waals surface area contributed by atoms with E-state index in [1.807, 2.05) is 24.3 Å². The van der Waals surface area contributed by atoms with Gasteiger partial charge in [0.2, 0.25) is 0 Å². The van der Waals surface area contributed by atoms with E-state index in [1.165, 1.54) is 0 Å². The number of aliphatic hydroxyl groups is 1. The minimum Gasteiger partial charge on any atom is -0.507 e. The van der Waals surface area contributed by atoms with Gasteiger partial charge in [0.05, 0.1) is 11.6 Å². The van der Waals surface area contributed by atoms with Gasteiger partial charge in [-0.2, -0.15) is 0 Å². The van der Waals surface area contributed by atoms with Gasteiger partial charge in [0, 0.05) is 31.0 Å². The highest BCUT2D eigenvalue weighted by Gasteiger charge is 2.46. The molecule has 1 atom stereocenters. The Labute approximate surface area is 190 Å². The number of Topliss-reactive ketones (excluding diaryl/α,β-unsaturated/α-hetero) is 1. The van der Waals surface area contributed by atoms with Gasteiger partial charge in [0.15, 0.2) is 0 Å². The number of hydrogen-bond donors (Lipinski definition) is 1. The van der Waals surface area contributed by atoms with Crippen molar-refractivity contribution in [3.05, 3.63) is 71.1 Å². The maximum Gasteiger partial charge on any atom is 0.295 e. The third kappa shape index (κ3) is 4.75. The third-order valence-electron chi connectivity index (χ3n) is 6.14. The normalized spacial score (nSPS) is 18.6. The monoisotopic (exact) mass is 435 g/mol. The van der Waals surface area contributed by atoms with Gasteiger partial charge in [0.25, 0.3) is 11.7 Å². The van der Waals surface area contributed by atoms with Crippen LogP contribution in [0.15, 0.2) is 54.4 Å². The number of aromatic nitrogens is 1. The summed E-state index contributed by atoms with van der Waals surface area (Å²) in [6.07, 6.45) is 3.11. The van der Waals surface area contributed by atoms with Gasteiger partial charge < -0.3 is 14.9 Å². The zero-order valence-electron chi connectivity index (χ0n) is 19.6. The summed E-state index contributed by atoms with van der Waals surface area (Å²) >= 11 is 0. The highest BCUT2D eigenvalue weighted by atomic mass is 16.3. The largest absolute Gasteiger partial charge is 0.507 e. The van der Waals surface area contributed by atoms with E-state index >= 15 is 0 Å². The lowest BCUT2D eigenvalue weighted by molar-refractivity contribution is -0.140. The van der Waals surface area contributed by atoms with Crippen LogP contribution in [-0.4, -0.2) is 57.8 Å². The van der Waals surface area contributed by atoms with Gasteiger partial charge in [-0.05, 0) is 41.8 Å². The van der Waals surface area contributed by atoms with Crippen molar-refractivity contribution in [1.29, 1.82) is 0 Å². The SMILES string of the molecule is CCN(CC)CCN1C(=O)C(=O)/C(=C(\O)c2ccncc2)C1c1ccc(C(C)(C)C)cc1. The van der Waals surface area contributed by atoms with Crippen LogP contribution in [0.2, 0.25) is 0 Å². The van der Waals surface area contributed by atoms with Gasteiger partial charge in [-0.1, -0.05) is 58.9 Å². The Hall–Kier alpha value is -2.99. The molecule has 170 valence electrons. The van der Waals surface area contributed by atoms with E-state index in [-0.39, 0.29) is 16.7 Å².